The van der Waals surface area contributed by atoms with Crippen molar-refractivity contribution < 1.29 is 33.2 Å². The lowest BCUT2D eigenvalue weighted by Crippen LogP contribution is -2.39. The minimum Gasteiger partial charge on any atom is -0.493 e. The summed E-state index contributed by atoms with van der Waals surface area (Å²) < 4.78 is 32.8. The van der Waals surface area contributed by atoms with Crippen LogP contribution in [0.25, 0.3) is 0 Å². The van der Waals surface area contributed by atoms with Crippen molar-refractivity contribution in [1.82, 2.24) is 5.01 Å². The fraction of sp³-hybridized carbons (Fsp3) is 0.259. The molecule has 1 amide bonds. The summed E-state index contributed by atoms with van der Waals surface area (Å²) in [5.41, 5.74) is 2.50. The molecular formula is C27H29N3O7. The molecule has 1 aliphatic rings. The van der Waals surface area contributed by atoms with E-state index in [0.29, 0.717) is 56.9 Å². The molecule has 3 aromatic carbocycles. The highest BCUT2D eigenvalue weighted by molar-refractivity contribution is 6.02. The first-order valence-corrected chi connectivity index (χ1v) is 11.3. The summed E-state index contributed by atoms with van der Waals surface area (Å²) >= 11 is 0. The van der Waals surface area contributed by atoms with Crippen molar-refractivity contribution in [3.63, 3.8) is 0 Å². The van der Waals surface area contributed by atoms with Crippen LogP contribution in [0, 0.1) is 0 Å². The third kappa shape index (κ3) is 4.77. The number of fused-ring (bicyclic) bond motifs is 1. The number of carbonyl (C=O) groups is 1. The molecule has 0 saturated carbocycles. The van der Waals surface area contributed by atoms with Gasteiger partial charge in [0.05, 0.1) is 54.4 Å². The van der Waals surface area contributed by atoms with Crippen LogP contribution in [0.5, 0.6) is 34.5 Å². The number of amides is 1. The number of hydrogen-bond acceptors (Lipinski definition) is 9. The molecule has 0 aromatic heterocycles. The predicted octanol–water partition coefficient (Wildman–Crippen LogP) is 4.34. The molecule has 1 N–H and O–H groups in total. The number of hydrogen-bond donors (Lipinski definition) is 1. The average molecular weight is 508 g/mol. The molecule has 0 bridgehead atoms. The van der Waals surface area contributed by atoms with Gasteiger partial charge in [-0.15, -0.1) is 0 Å². The monoisotopic (exact) mass is 507 g/mol. The molecule has 1 heterocycles. The SMILES string of the molecule is COc1cc(C=NN2C(=O)c3ccccc3NC2c2cc(OC)c(OC)c(OC)c2)cc(OC)c1OC. The van der Waals surface area contributed by atoms with Gasteiger partial charge in [-0.25, -0.2) is 5.01 Å². The molecule has 0 fully saturated rings. The van der Waals surface area contributed by atoms with Gasteiger partial charge in [0.2, 0.25) is 11.5 Å². The summed E-state index contributed by atoms with van der Waals surface area (Å²) in [6.07, 6.45) is 0.887. The third-order valence-electron chi connectivity index (χ3n) is 5.92. The summed E-state index contributed by atoms with van der Waals surface area (Å²) in [7, 11) is 9.21. The maximum absolute atomic E-state index is 13.6. The van der Waals surface area contributed by atoms with Gasteiger partial charge in [-0.3, -0.25) is 4.79 Å². The van der Waals surface area contributed by atoms with Crippen LogP contribution in [0.15, 0.2) is 53.6 Å². The molecule has 10 nitrogen and oxygen atoms in total. The Balaban J connectivity index is 1.82. The van der Waals surface area contributed by atoms with Gasteiger partial charge >= 0.3 is 0 Å². The molecule has 0 aliphatic carbocycles. The van der Waals surface area contributed by atoms with Gasteiger partial charge in [-0.05, 0) is 36.4 Å². The standard InChI is InChI=1S/C27H29N3O7/c1-32-20-11-16(12-21(33-2)24(20)36-5)15-28-30-26(29-19-10-8-7-9-18(19)27(30)31)17-13-22(34-3)25(37-6)23(14-17)35-4/h7-15,26,29H,1-6H3. The molecule has 3 aromatic rings. The number of hydrazone groups is 1. The van der Waals surface area contributed by atoms with Crippen molar-refractivity contribution in [3.05, 3.63) is 65.2 Å². The average Bonchev–Trinajstić information content (AvgIpc) is 2.94. The highest BCUT2D eigenvalue weighted by Gasteiger charge is 2.34. The van der Waals surface area contributed by atoms with Crippen LogP contribution in [-0.2, 0) is 0 Å². The van der Waals surface area contributed by atoms with Gasteiger partial charge in [0.15, 0.2) is 29.2 Å². The van der Waals surface area contributed by atoms with Gasteiger partial charge in [-0.1, -0.05) is 12.1 Å². The van der Waals surface area contributed by atoms with Gasteiger partial charge in [0.25, 0.3) is 5.91 Å². The Morgan fingerprint density at radius 3 is 1.78 bits per heavy atom. The van der Waals surface area contributed by atoms with Crippen LogP contribution in [0.1, 0.15) is 27.7 Å². The first-order chi connectivity index (χ1) is 18.0. The number of methoxy groups -OCH3 is 6. The van der Waals surface area contributed by atoms with Gasteiger partial charge < -0.3 is 33.7 Å². The molecule has 37 heavy (non-hydrogen) atoms. The Labute approximate surface area is 215 Å². The van der Waals surface area contributed by atoms with E-state index >= 15 is 0 Å². The second-order valence-electron chi connectivity index (χ2n) is 7.90. The normalized spacial score (nSPS) is 14.6. The highest BCUT2D eigenvalue weighted by atomic mass is 16.5. The van der Waals surface area contributed by atoms with E-state index in [0.717, 1.165) is 0 Å². The maximum Gasteiger partial charge on any atom is 0.278 e. The van der Waals surface area contributed by atoms with Crippen LogP contribution in [0.2, 0.25) is 0 Å². The summed E-state index contributed by atoms with van der Waals surface area (Å²) in [5, 5.41) is 9.35. The first-order valence-electron chi connectivity index (χ1n) is 11.3. The van der Waals surface area contributed by atoms with Crippen molar-refractivity contribution in [1.29, 1.82) is 0 Å². The summed E-state index contributed by atoms with van der Waals surface area (Å²) in [4.78, 5) is 13.6. The minimum atomic E-state index is -0.672. The molecule has 4 rings (SSSR count). The fourth-order valence-corrected chi connectivity index (χ4v) is 4.15. The molecule has 0 radical (unpaired) electrons. The number of nitrogens with zero attached hydrogens (tertiary/aromatic N) is 2. The zero-order valence-electron chi connectivity index (χ0n) is 21.5. The number of nitrogens with one attached hydrogen (secondary N) is 1. The van der Waals surface area contributed by atoms with Crippen molar-refractivity contribution in [2.45, 2.75) is 6.17 Å². The molecule has 10 heteroatoms. The molecule has 0 saturated heterocycles. The van der Waals surface area contributed by atoms with E-state index in [9.17, 15) is 4.79 Å². The molecule has 0 spiro atoms. The second kappa shape index (κ2) is 11.0. The molecule has 1 unspecified atom stereocenters. The lowest BCUT2D eigenvalue weighted by molar-refractivity contribution is 0.0691. The van der Waals surface area contributed by atoms with E-state index in [1.807, 2.05) is 12.1 Å². The van der Waals surface area contributed by atoms with Gasteiger partial charge in [0, 0.05) is 16.8 Å². The van der Waals surface area contributed by atoms with Crippen molar-refractivity contribution in [2.75, 3.05) is 48.0 Å². The number of ether oxygens (including phenoxy) is 6. The third-order valence-corrected chi connectivity index (χ3v) is 5.92. The molecular weight excluding hydrogens is 478 g/mol. The number of benzene rings is 3. The molecule has 1 atom stereocenters. The van der Waals surface area contributed by atoms with Crippen LogP contribution in [0.4, 0.5) is 5.69 Å². The number of para-hydroxylation sites is 1. The summed E-state index contributed by atoms with van der Waals surface area (Å²) in [6.45, 7) is 0. The van der Waals surface area contributed by atoms with Crippen LogP contribution < -0.4 is 33.7 Å². The summed E-state index contributed by atoms with van der Waals surface area (Å²) in [5.74, 6) is 2.48. The minimum absolute atomic E-state index is 0.281. The van der Waals surface area contributed by atoms with E-state index in [4.69, 9.17) is 28.4 Å². The zero-order valence-corrected chi connectivity index (χ0v) is 21.5. The Morgan fingerprint density at radius 2 is 1.27 bits per heavy atom. The lowest BCUT2D eigenvalue weighted by atomic mass is 10.0. The largest absolute Gasteiger partial charge is 0.493 e. The van der Waals surface area contributed by atoms with Crippen molar-refractivity contribution in [3.8, 4) is 34.5 Å². The van der Waals surface area contributed by atoms with Crippen molar-refractivity contribution in [2.24, 2.45) is 5.10 Å². The number of carbonyl (C=O) groups excluding carboxylic acids is 1. The van der Waals surface area contributed by atoms with Crippen LogP contribution in [0.3, 0.4) is 0 Å². The Morgan fingerprint density at radius 1 is 0.757 bits per heavy atom. The Kier molecular flexibility index (Phi) is 7.57. The van der Waals surface area contributed by atoms with E-state index in [1.165, 1.54) is 47.7 Å². The zero-order chi connectivity index (χ0) is 26.5. The lowest BCUT2D eigenvalue weighted by Gasteiger charge is -2.35. The van der Waals surface area contributed by atoms with Crippen LogP contribution >= 0.6 is 0 Å². The van der Waals surface area contributed by atoms with Gasteiger partial charge in [0.1, 0.15) is 0 Å². The van der Waals surface area contributed by atoms with Gasteiger partial charge in [-0.2, -0.15) is 5.10 Å². The van der Waals surface area contributed by atoms with Crippen molar-refractivity contribution >= 4 is 17.8 Å². The van der Waals surface area contributed by atoms with Crippen LogP contribution in [-0.4, -0.2) is 59.8 Å². The number of anilines is 1. The maximum atomic E-state index is 13.6. The quantitative estimate of drug-likeness (QED) is 0.427. The fourth-order valence-electron chi connectivity index (χ4n) is 4.15. The summed E-state index contributed by atoms with van der Waals surface area (Å²) in [6, 6.07) is 14.3. The Hall–Kier alpha value is -4.60. The second-order valence-corrected chi connectivity index (χ2v) is 7.90. The smallest absolute Gasteiger partial charge is 0.278 e. The van der Waals surface area contributed by atoms with E-state index in [-0.39, 0.29) is 5.91 Å². The van der Waals surface area contributed by atoms with E-state index < -0.39 is 6.17 Å². The molecule has 1 aliphatic heterocycles. The number of rotatable bonds is 9. The Bertz CT molecular complexity index is 1280. The first kappa shape index (κ1) is 25.5. The molecule has 194 valence electrons. The predicted molar refractivity (Wildman–Crippen MR) is 139 cm³/mol. The highest BCUT2D eigenvalue weighted by Crippen LogP contribution is 2.43. The van der Waals surface area contributed by atoms with E-state index in [2.05, 4.69) is 10.4 Å². The topological polar surface area (TPSA) is 100 Å². The van der Waals surface area contributed by atoms with E-state index in [1.54, 1.807) is 42.6 Å².